The van der Waals surface area contributed by atoms with Crippen LogP contribution in [-0.4, -0.2) is 20.7 Å². The van der Waals surface area contributed by atoms with E-state index in [9.17, 15) is 9.59 Å². The largest absolute Gasteiger partial charge is 0.325 e. The van der Waals surface area contributed by atoms with Gasteiger partial charge in [-0.3, -0.25) is 14.2 Å². The summed E-state index contributed by atoms with van der Waals surface area (Å²) in [6.45, 7) is 5.90. The lowest BCUT2D eigenvalue weighted by molar-refractivity contribution is -0.115. The first-order valence-electron chi connectivity index (χ1n) is 9.89. The third-order valence-electron chi connectivity index (χ3n) is 4.82. The molecule has 8 heteroatoms. The molecule has 0 saturated carbocycles. The van der Waals surface area contributed by atoms with Crippen molar-refractivity contribution in [2.45, 2.75) is 23.9 Å². The monoisotopic (exact) mass is 525 g/mol. The second kappa shape index (κ2) is 9.85. The molecule has 0 aliphatic carbocycles. The summed E-state index contributed by atoms with van der Waals surface area (Å²) in [4.78, 5) is 31.6. The van der Waals surface area contributed by atoms with Gasteiger partial charge in [0.15, 0.2) is 5.16 Å². The first kappa shape index (κ1) is 22.5. The molecule has 1 unspecified atom stereocenters. The molecular weight excluding hydrogens is 506 g/mol. The number of halogens is 1. The molecule has 2 heterocycles. The van der Waals surface area contributed by atoms with Crippen LogP contribution >= 0.6 is 39.0 Å². The predicted octanol–water partition coefficient (Wildman–Crippen LogP) is 6.19. The van der Waals surface area contributed by atoms with Crippen molar-refractivity contribution in [2.24, 2.45) is 0 Å². The van der Waals surface area contributed by atoms with Crippen LogP contribution in [-0.2, 0) is 11.3 Å². The summed E-state index contributed by atoms with van der Waals surface area (Å²) in [6, 6.07) is 17.2. The van der Waals surface area contributed by atoms with E-state index in [2.05, 4.69) is 27.8 Å². The second-order valence-corrected chi connectivity index (χ2v) is 10.1. The van der Waals surface area contributed by atoms with Gasteiger partial charge in [0.25, 0.3) is 5.56 Å². The molecular formula is C24H20BrN3O2S2. The van der Waals surface area contributed by atoms with Crippen molar-refractivity contribution in [3.8, 4) is 11.1 Å². The SMILES string of the molecule is C=CCn1c(SC(C)C(=O)Nc2ccc(Br)cc2)nc2scc(-c3ccccc3)c2c1=O. The van der Waals surface area contributed by atoms with E-state index in [1.165, 1.54) is 23.1 Å². The highest BCUT2D eigenvalue weighted by molar-refractivity contribution is 9.10. The van der Waals surface area contributed by atoms with Crippen molar-refractivity contribution in [3.05, 3.63) is 87.5 Å². The number of amides is 1. The number of carbonyl (C=O) groups excluding carboxylic acids is 1. The van der Waals surface area contributed by atoms with E-state index in [0.29, 0.717) is 27.6 Å². The molecule has 2 aromatic heterocycles. The standard InChI is InChI=1S/C24H20BrN3O2S2/c1-3-13-28-23(30)20-19(16-7-5-4-6-8-16)14-31-22(20)27-24(28)32-15(2)21(29)26-18-11-9-17(25)10-12-18/h3-12,14-15H,1,13H2,2H3,(H,26,29). The molecule has 1 N–H and O–H groups in total. The number of anilines is 1. The number of aromatic nitrogens is 2. The number of benzene rings is 2. The zero-order valence-corrected chi connectivity index (χ0v) is 20.5. The number of fused-ring (bicyclic) bond motifs is 1. The van der Waals surface area contributed by atoms with Crippen molar-refractivity contribution in [2.75, 3.05) is 5.32 Å². The van der Waals surface area contributed by atoms with E-state index >= 15 is 0 Å². The third-order valence-corrected chi connectivity index (χ3v) is 7.31. The van der Waals surface area contributed by atoms with E-state index in [1.54, 1.807) is 17.6 Å². The molecule has 162 valence electrons. The van der Waals surface area contributed by atoms with Gasteiger partial charge in [0.2, 0.25) is 5.91 Å². The Morgan fingerprint density at radius 2 is 1.97 bits per heavy atom. The van der Waals surface area contributed by atoms with Gasteiger partial charge in [-0.25, -0.2) is 4.98 Å². The van der Waals surface area contributed by atoms with Gasteiger partial charge in [0, 0.05) is 27.6 Å². The van der Waals surface area contributed by atoms with Crippen LogP contribution in [0.25, 0.3) is 21.3 Å². The van der Waals surface area contributed by atoms with Crippen LogP contribution < -0.4 is 10.9 Å². The maximum absolute atomic E-state index is 13.4. The first-order chi connectivity index (χ1) is 15.5. The number of nitrogens with zero attached hydrogens (tertiary/aromatic N) is 2. The fourth-order valence-electron chi connectivity index (χ4n) is 3.20. The number of carbonyl (C=O) groups is 1. The molecule has 4 aromatic rings. The normalized spacial score (nSPS) is 11.9. The third kappa shape index (κ3) is 4.72. The van der Waals surface area contributed by atoms with Crippen LogP contribution in [0, 0.1) is 0 Å². The number of rotatable bonds is 7. The van der Waals surface area contributed by atoms with Crippen molar-refractivity contribution in [1.29, 1.82) is 0 Å². The smallest absolute Gasteiger partial charge is 0.263 e. The highest BCUT2D eigenvalue weighted by atomic mass is 79.9. The molecule has 0 saturated heterocycles. The first-order valence-corrected chi connectivity index (χ1v) is 12.4. The molecule has 0 aliphatic heterocycles. The molecule has 0 spiro atoms. The number of hydrogen-bond acceptors (Lipinski definition) is 5. The minimum Gasteiger partial charge on any atom is -0.325 e. The maximum Gasteiger partial charge on any atom is 0.263 e. The number of nitrogens with one attached hydrogen (secondary N) is 1. The van der Waals surface area contributed by atoms with Gasteiger partial charge >= 0.3 is 0 Å². The van der Waals surface area contributed by atoms with E-state index < -0.39 is 5.25 Å². The summed E-state index contributed by atoms with van der Waals surface area (Å²) in [5.41, 5.74) is 2.44. The van der Waals surface area contributed by atoms with Crippen LogP contribution in [0.1, 0.15) is 6.92 Å². The number of hydrogen-bond donors (Lipinski definition) is 1. The summed E-state index contributed by atoms with van der Waals surface area (Å²) < 4.78 is 2.53. The van der Waals surface area contributed by atoms with E-state index in [4.69, 9.17) is 4.98 Å². The Morgan fingerprint density at radius 3 is 2.66 bits per heavy atom. The van der Waals surface area contributed by atoms with Crippen molar-refractivity contribution in [1.82, 2.24) is 9.55 Å². The Labute approximate surface area is 202 Å². The van der Waals surface area contributed by atoms with Crippen LogP contribution in [0.15, 0.2) is 87.1 Å². The summed E-state index contributed by atoms with van der Waals surface area (Å²) >= 11 is 6.08. The average Bonchev–Trinajstić information content (AvgIpc) is 3.22. The van der Waals surface area contributed by atoms with Gasteiger partial charge in [-0.1, -0.05) is 64.1 Å². The summed E-state index contributed by atoms with van der Waals surface area (Å²) in [6.07, 6.45) is 1.67. The van der Waals surface area contributed by atoms with Crippen molar-refractivity contribution >= 4 is 60.8 Å². The summed E-state index contributed by atoms with van der Waals surface area (Å²) in [5.74, 6) is -0.159. The zero-order valence-electron chi connectivity index (χ0n) is 17.2. The van der Waals surface area contributed by atoms with Crippen LogP contribution in [0.3, 0.4) is 0 Å². The van der Waals surface area contributed by atoms with Gasteiger partial charge in [-0.15, -0.1) is 17.9 Å². The number of thioether (sulfide) groups is 1. The highest BCUT2D eigenvalue weighted by Crippen LogP contribution is 2.33. The zero-order chi connectivity index (χ0) is 22.7. The lowest BCUT2D eigenvalue weighted by atomic mass is 10.1. The summed E-state index contributed by atoms with van der Waals surface area (Å²) in [7, 11) is 0. The lowest BCUT2D eigenvalue weighted by Crippen LogP contribution is -2.26. The Balaban J connectivity index is 1.67. The fourth-order valence-corrected chi connectivity index (χ4v) is 5.38. The summed E-state index contributed by atoms with van der Waals surface area (Å²) in [5, 5.41) is 5.52. The Morgan fingerprint density at radius 1 is 1.25 bits per heavy atom. The molecule has 0 bridgehead atoms. The number of allylic oxidation sites excluding steroid dienone is 1. The molecule has 32 heavy (non-hydrogen) atoms. The lowest BCUT2D eigenvalue weighted by Gasteiger charge is -2.15. The molecule has 2 aromatic carbocycles. The minimum absolute atomic E-state index is 0.127. The van der Waals surface area contributed by atoms with E-state index in [1.807, 2.05) is 60.0 Å². The van der Waals surface area contributed by atoms with E-state index in [0.717, 1.165) is 15.6 Å². The van der Waals surface area contributed by atoms with E-state index in [-0.39, 0.29) is 11.5 Å². The highest BCUT2D eigenvalue weighted by Gasteiger charge is 2.21. The quantitative estimate of drug-likeness (QED) is 0.177. The predicted molar refractivity (Wildman–Crippen MR) is 138 cm³/mol. The molecule has 4 rings (SSSR count). The van der Waals surface area contributed by atoms with Gasteiger partial charge in [0.05, 0.1) is 10.6 Å². The molecule has 1 amide bonds. The van der Waals surface area contributed by atoms with Gasteiger partial charge in [-0.2, -0.15) is 0 Å². The van der Waals surface area contributed by atoms with Crippen molar-refractivity contribution < 1.29 is 4.79 Å². The second-order valence-electron chi connectivity index (χ2n) is 7.05. The molecule has 0 radical (unpaired) electrons. The molecule has 5 nitrogen and oxygen atoms in total. The fraction of sp³-hybridized carbons (Fsp3) is 0.125. The maximum atomic E-state index is 13.4. The minimum atomic E-state index is -0.451. The van der Waals surface area contributed by atoms with Crippen molar-refractivity contribution in [3.63, 3.8) is 0 Å². The Kier molecular flexibility index (Phi) is 6.93. The van der Waals surface area contributed by atoms with Gasteiger partial charge in [0.1, 0.15) is 4.83 Å². The molecule has 1 atom stereocenters. The van der Waals surface area contributed by atoms with Gasteiger partial charge in [-0.05, 0) is 36.8 Å². The van der Waals surface area contributed by atoms with Gasteiger partial charge < -0.3 is 5.32 Å². The van der Waals surface area contributed by atoms with Crippen LogP contribution in [0.4, 0.5) is 5.69 Å². The van der Waals surface area contributed by atoms with Crippen LogP contribution in [0.5, 0.6) is 0 Å². The average molecular weight is 526 g/mol. The molecule has 0 aliphatic rings. The Bertz CT molecular complexity index is 1330. The van der Waals surface area contributed by atoms with Crippen LogP contribution in [0.2, 0.25) is 0 Å². The number of thiophene rings is 1. The Hall–Kier alpha value is -2.68. The molecule has 0 fully saturated rings. The topological polar surface area (TPSA) is 64.0 Å².